The van der Waals surface area contributed by atoms with Crippen molar-refractivity contribution in [3.63, 3.8) is 0 Å². The lowest BCUT2D eigenvalue weighted by Gasteiger charge is -2.33. The molecule has 1 aliphatic heterocycles. The second kappa shape index (κ2) is 10.5. The highest BCUT2D eigenvalue weighted by Crippen LogP contribution is 2.23. The van der Waals surface area contributed by atoms with E-state index < -0.39 is 10.0 Å². The van der Waals surface area contributed by atoms with Gasteiger partial charge in [0.2, 0.25) is 15.9 Å². The van der Waals surface area contributed by atoms with Crippen molar-refractivity contribution in [3.05, 3.63) is 77.0 Å². The number of hydrogen-bond donors (Lipinski definition) is 0. The Morgan fingerprint density at radius 2 is 1.79 bits per heavy atom. The summed E-state index contributed by atoms with van der Waals surface area (Å²) in [4.78, 5) is 14.5. The molecule has 178 valence electrons. The summed E-state index contributed by atoms with van der Waals surface area (Å²) in [6, 6.07) is 15.4. The Morgan fingerprint density at radius 3 is 2.50 bits per heavy atom. The first kappa shape index (κ1) is 24.2. The molecule has 0 radical (unpaired) electrons. The lowest BCUT2D eigenvalue weighted by Crippen LogP contribution is -2.50. The molecule has 34 heavy (non-hydrogen) atoms. The fourth-order valence-electron chi connectivity index (χ4n) is 3.79. The summed E-state index contributed by atoms with van der Waals surface area (Å²) in [5.74, 6) is 0.168. The molecule has 0 bridgehead atoms. The molecule has 0 N–H and O–H groups in total. The number of sulfonamides is 1. The van der Waals surface area contributed by atoms with Crippen molar-refractivity contribution in [2.75, 3.05) is 31.9 Å². The molecule has 4 rings (SSSR count). The van der Waals surface area contributed by atoms with E-state index in [1.807, 2.05) is 60.9 Å². The number of nitrogens with zero attached hydrogens (tertiary/aromatic N) is 5. The highest BCUT2D eigenvalue weighted by molar-refractivity contribution is 7.99. The van der Waals surface area contributed by atoms with Crippen LogP contribution in [0.15, 0.2) is 65.4 Å². The zero-order valence-electron chi connectivity index (χ0n) is 19.2. The molecular formula is C24H27N5O3S2. The number of aryl methyl sites for hydroxylation is 2. The predicted octanol–water partition coefficient (Wildman–Crippen LogP) is 3.12. The van der Waals surface area contributed by atoms with Crippen LogP contribution in [0.25, 0.3) is 11.8 Å². The van der Waals surface area contributed by atoms with Crippen LogP contribution < -0.4 is 0 Å². The fourth-order valence-corrected chi connectivity index (χ4v) is 5.79. The standard InChI is InChI=1S/C24H27N5O3S2/c1-19-8-9-22(20(2)16-19)29-18-25-26-24(29)33-17-23(30)27-11-13-28(14-12-27)34(31,32)15-10-21-6-4-3-5-7-21/h3-10,15-16,18H,11-14,17H2,1-2H3/b15-10+. The molecule has 0 spiro atoms. The zero-order chi connectivity index (χ0) is 24.1. The van der Waals surface area contributed by atoms with Crippen LogP contribution in [0.2, 0.25) is 0 Å². The number of carbonyl (C=O) groups excluding carboxylic acids is 1. The van der Waals surface area contributed by atoms with Crippen LogP contribution in [0.3, 0.4) is 0 Å². The van der Waals surface area contributed by atoms with Crippen molar-refractivity contribution in [3.8, 4) is 5.69 Å². The van der Waals surface area contributed by atoms with Crippen LogP contribution in [0.4, 0.5) is 0 Å². The molecule has 0 atom stereocenters. The number of rotatable bonds is 7. The number of benzene rings is 2. The maximum Gasteiger partial charge on any atom is 0.236 e. The Balaban J connectivity index is 1.32. The number of carbonyl (C=O) groups is 1. The Hall–Kier alpha value is -2.95. The number of thioether (sulfide) groups is 1. The van der Waals surface area contributed by atoms with Crippen LogP contribution in [-0.4, -0.2) is 70.2 Å². The van der Waals surface area contributed by atoms with Gasteiger partial charge in [-0.25, -0.2) is 8.42 Å². The van der Waals surface area contributed by atoms with Gasteiger partial charge >= 0.3 is 0 Å². The van der Waals surface area contributed by atoms with E-state index in [4.69, 9.17) is 0 Å². The second-order valence-electron chi connectivity index (χ2n) is 8.10. The van der Waals surface area contributed by atoms with Gasteiger partial charge < -0.3 is 4.90 Å². The molecule has 1 aliphatic rings. The molecule has 8 nitrogen and oxygen atoms in total. The minimum Gasteiger partial charge on any atom is -0.339 e. The Kier molecular flexibility index (Phi) is 7.50. The summed E-state index contributed by atoms with van der Waals surface area (Å²) in [5, 5.41) is 10.1. The predicted molar refractivity (Wildman–Crippen MR) is 134 cm³/mol. The lowest BCUT2D eigenvalue weighted by molar-refractivity contribution is -0.129. The van der Waals surface area contributed by atoms with Crippen LogP contribution >= 0.6 is 11.8 Å². The summed E-state index contributed by atoms with van der Waals surface area (Å²) >= 11 is 1.33. The highest BCUT2D eigenvalue weighted by Gasteiger charge is 2.27. The van der Waals surface area contributed by atoms with Gasteiger partial charge in [-0.2, -0.15) is 4.31 Å². The van der Waals surface area contributed by atoms with Crippen molar-refractivity contribution in [2.24, 2.45) is 0 Å². The first-order valence-corrected chi connectivity index (χ1v) is 13.4. The van der Waals surface area contributed by atoms with Crippen LogP contribution in [0, 0.1) is 13.8 Å². The minimum absolute atomic E-state index is 0.0444. The van der Waals surface area contributed by atoms with Crippen molar-refractivity contribution in [1.29, 1.82) is 0 Å². The molecule has 2 heterocycles. The fraction of sp³-hybridized carbons (Fsp3) is 0.292. The maximum absolute atomic E-state index is 12.8. The maximum atomic E-state index is 12.8. The number of piperazine rings is 1. The van der Waals surface area contributed by atoms with Crippen LogP contribution in [0.1, 0.15) is 16.7 Å². The molecule has 1 amide bonds. The third kappa shape index (κ3) is 5.75. The third-order valence-electron chi connectivity index (χ3n) is 5.64. The second-order valence-corrected chi connectivity index (χ2v) is 10.9. The topological polar surface area (TPSA) is 88.4 Å². The molecule has 1 saturated heterocycles. The van der Waals surface area contributed by atoms with E-state index >= 15 is 0 Å². The average Bonchev–Trinajstić information content (AvgIpc) is 3.30. The van der Waals surface area contributed by atoms with Gasteiger partial charge in [-0.1, -0.05) is 59.8 Å². The number of hydrogen-bond acceptors (Lipinski definition) is 6. The highest BCUT2D eigenvalue weighted by atomic mass is 32.2. The zero-order valence-corrected chi connectivity index (χ0v) is 20.8. The Morgan fingerprint density at radius 1 is 1.06 bits per heavy atom. The summed E-state index contributed by atoms with van der Waals surface area (Å²) in [7, 11) is -3.53. The molecule has 3 aromatic rings. The number of aromatic nitrogens is 3. The molecule has 2 aromatic carbocycles. The Bertz CT molecular complexity index is 1280. The lowest BCUT2D eigenvalue weighted by atomic mass is 10.1. The van der Waals surface area contributed by atoms with E-state index in [-0.39, 0.29) is 24.7 Å². The van der Waals surface area contributed by atoms with Gasteiger partial charge in [0.15, 0.2) is 5.16 Å². The molecule has 1 aromatic heterocycles. The molecular weight excluding hydrogens is 470 g/mol. The molecule has 0 unspecified atom stereocenters. The SMILES string of the molecule is Cc1ccc(-n2cnnc2SCC(=O)N2CCN(S(=O)(=O)/C=C/c3ccccc3)CC2)c(C)c1. The summed E-state index contributed by atoms with van der Waals surface area (Å²) < 4.78 is 28.6. The van der Waals surface area contributed by atoms with E-state index in [0.717, 1.165) is 16.8 Å². The van der Waals surface area contributed by atoms with Crippen molar-refractivity contribution in [1.82, 2.24) is 24.0 Å². The van der Waals surface area contributed by atoms with E-state index in [1.54, 1.807) is 17.3 Å². The molecule has 0 aliphatic carbocycles. The normalized spacial score (nSPS) is 15.2. The first-order chi connectivity index (χ1) is 16.3. The van der Waals surface area contributed by atoms with Gasteiger partial charge in [0, 0.05) is 31.6 Å². The molecule has 0 saturated carbocycles. The van der Waals surface area contributed by atoms with Crippen molar-refractivity contribution < 1.29 is 13.2 Å². The molecule has 1 fully saturated rings. The van der Waals surface area contributed by atoms with Crippen LogP contribution in [0.5, 0.6) is 0 Å². The smallest absolute Gasteiger partial charge is 0.236 e. The van der Waals surface area contributed by atoms with E-state index in [9.17, 15) is 13.2 Å². The van der Waals surface area contributed by atoms with Gasteiger partial charge in [-0.05, 0) is 37.1 Å². The van der Waals surface area contributed by atoms with Gasteiger partial charge in [0.25, 0.3) is 0 Å². The van der Waals surface area contributed by atoms with Gasteiger partial charge in [-0.3, -0.25) is 9.36 Å². The average molecular weight is 498 g/mol. The third-order valence-corrected chi connectivity index (χ3v) is 8.13. The summed E-state index contributed by atoms with van der Waals surface area (Å²) in [6.45, 7) is 5.35. The Labute approximate surface area is 204 Å². The van der Waals surface area contributed by atoms with Gasteiger partial charge in [-0.15, -0.1) is 10.2 Å². The number of amides is 1. The molecule has 10 heteroatoms. The van der Waals surface area contributed by atoms with Crippen molar-refractivity contribution >= 4 is 33.8 Å². The quantitative estimate of drug-likeness (QED) is 0.466. The first-order valence-electron chi connectivity index (χ1n) is 10.9. The van der Waals surface area contributed by atoms with Crippen LogP contribution in [-0.2, 0) is 14.8 Å². The van der Waals surface area contributed by atoms with Gasteiger partial charge in [0.1, 0.15) is 6.33 Å². The monoisotopic (exact) mass is 497 g/mol. The van der Waals surface area contributed by atoms with E-state index in [0.29, 0.717) is 18.2 Å². The van der Waals surface area contributed by atoms with E-state index in [1.165, 1.54) is 27.0 Å². The van der Waals surface area contributed by atoms with E-state index in [2.05, 4.69) is 16.3 Å². The summed E-state index contributed by atoms with van der Waals surface area (Å²) in [5.41, 5.74) is 4.08. The summed E-state index contributed by atoms with van der Waals surface area (Å²) in [6.07, 6.45) is 3.24. The minimum atomic E-state index is -3.53. The largest absolute Gasteiger partial charge is 0.339 e. The van der Waals surface area contributed by atoms with Gasteiger partial charge in [0.05, 0.1) is 11.4 Å². The van der Waals surface area contributed by atoms with Crippen molar-refractivity contribution in [2.45, 2.75) is 19.0 Å².